The molecule has 0 spiro atoms. The van der Waals surface area contributed by atoms with Gasteiger partial charge in [-0.3, -0.25) is 4.79 Å². The van der Waals surface area contributed by atoms with Crippen molar-refractivity contribution in [2.24, 2.45) is 17.8 Å². The molecule has 0 aromatic rings. The molecule has 18 heavy (non-hydrogen) atoms. The van der Waals surface area contributed by atoms with Crippen LogP contribution in [-0.2, 0) is 14.6 Å². The molecule has 5 heteroatoms. The van der Waals surface area contributed by atoms with Crippen LogP contribution in [-0.4, -0.2) is 31.0 Å². The summed E-state index contributed by atoms with van der Waals surface area (Å²) in [4.78, 5) is 11.5. The van der Waals surface area contributed by atoms with Crippen LogP contribution < -0.4 is 0 Å². The number of rotatable bonds is 3. The Balaban J connectivity index is 2.10. The number of aliphatic carboxylic acids is 1. The van der Waals surface area contributed by atoms with Crippen LogP contribution in [0, 0.1) is 17.8 Å². The molecule has 2 atom stereocenters. The number of hydrogen-bond donors (Lipinski definition) is 1. The van der Waals surface area contributed by atoms with Gasteiger partial charge in [-0.25, -0.2) is 8.42 Å². The lowest BCUT2D eigenvalue weighted by atomic mass is 9.77. The van der Waals surface area contributed by atoms with Gasteiger partial charge in [0.05, 0.1) is 17.4 Å². The number of hydrogen-bond acceptors (Lipinski definition) is 3. The minimum Gasteiger partial charge on any atom is -0.481 e. The van der Waals surface area contributed by atoms with Gasteiger partial charge >= 0.3 is 5.97 Å². The fourth-order valence-electron chi connectivity index (χ4n) is 3.57. The second-order valence-corrected chi connectivity index (χ2v) is 8.01. The van der Waals surface area contributed by atoms with Gasteiger partial charge in [-0.05, 0) is 31.1 Å². The Kier molecular flexibility index (Phi) is 4.30. The van der Waals surface area contributed by atoms with E-state index < -0.39 is 21.7 Å². The quantitative estimate of drug-likeness (QED) is 0.800. The van der Waals surface area contributed by atoms with Gasteiger partial charge in [0, 0.05) is 0 Å². The van der Waals surface area contributed by atoms with E-state index >= 15 is 0 Å². The largest absolute Gasteiger partial charge is 0.481 e. The number of carboxylic acid groups (broad SMARTS) is 1. The van der Waals surface area contributed by atoms with Crippen molar-refractivity contribution in [2.45, 2.75) is 44.9 Å². The van der Waals surface area contributed by atoms with Gasteiger partial charge in [0.15, 0.2) is 9.84 Å². The summed E-state index contributed by atoms with van der Waals surface area (Å²) in [5.41, 5.74) is 0. The second-order valence-electron chi connectivity index (χ2n) is 5.78. The lowest BCUT2D eigenvalue weighted by Crippen LogP contribution is -2.31. The van der Waals surface area contributed by atoms with Crippen molar-refractivity contribution < 1.29 is 18.3 Å². The van der Waals surface area contributed by atoms with Gasteiger partial charge in [0.2, 0.25) is 0 Å². The predicted octanol–water partition coefficient (Wildman–Crippen LogP) is 2.09. The van der Waals surface area contributed by atoms with Gasteiger partial charge in [-0.1, -0.05) is 25.7 Å². The van der Waals surface area contributed by atoms with Crippen LogP contribution in [0.3, 0.4) is 0 Å². The number of carboxylic acids is 1. The molecule has 2 unspecified atom stereocenters. The standard InChI is InChI=1S/C13H22O4S/c14-13(15)12(10-5-3-1-2-4-6-10)11-7-8-18(16,17)9-11/h10-12H,1-9H2,(H,14,15). The first-order valence-corrected chi connectivity index (χ1v) is 8.75. The zero-order valence-corrected chi connectivity index (χ0v) is 11.5. The Labute approximate surface area is 109 Å². The summed E-state index contributed by atoms with van der Waals surface area (Å²) in [7, 11) is -2.99. The van der Waals surface area contributed by atoms with Gasteiger partial charge in [-0.2, -0.15) is 0 Å². The molecule has 4 nitrogen and oxygen atoms in total. The summed E-state index contributed by atoms with van der Waals surface area (Å²) in [6, 6.07) is 0. The first-order chi connectivity index (χ1) is 8.49. The highest BCUT2D eigenvalue weighted by molar-refractivity contribution is 7.91. The van der Waals surface area contributed by atoms with Crippen molar-refractivity contribution in [1.82, 2.24) is 0 Å². The van der Waals surface area contributed by atoms with E-state index in [1.165, 1.54) is 12.8 Å². The Morgan fingerprint density at radius 1 is 1.00 bits per heavy atom. The molecule has 1 aliphatic heterocycles. The van der Waals surface area contributed by atoms with E-state index in [9.17, 15) is 18.3 Å². The Hall–Kier alpha value is -0.580. The lowest BCUT2D eigenvalue weighted by Gasteiger charge is -2.26. The van der Waals surface area contributed by atoms with Crippen molar-refractivity contribution in [3.05, 3.63) is 0 Å². The summed E-state index contributed by atoms with van der Waals surface area (Å²) in [5, 5.41) is 9.45. The predicted molar refractivity (Wildman–Crippen MR) is 69.1 cm³/mol. The summed E-state index contributed by atoms with van der Waals surface area (Å²) in [6.07, 6.45) is 7.00. The molecule has 2 aliphatic rings. The average molecular weight is 274 g/mol. The Morgan fingerprint density at radius 2 is 1.61 bits per heavy atom. The van der Waals surface area contributed by atoms with E-state index in [4.69, 9.17) is 0 Å². The van der Waals surface area contributed by atoms with E-state index in [1.807, 2.05) is 0 Å². The molecular formula is C13H22O4S. The van der Waals surface area contributed by atoms with Crippen LogP contribution in [0.25, 0.3) is 0 Å². The maximum absolute atomic E-state index is 11.5. The van der Waals surface area contributed by atoms with Gasteiger partial charge in [0.1, 0.15) is 0 Å². The first kappa shape index (κ1) is 13.8. The van der Waals surface area contributed by atoms with E-state index in [-0.39, 0.29) is 23.3 Å². The van der Waals surface area contributed by atoms with Crippen molar-refractivity contribution in [3.8, 4) is 0 Å². The second kappa shape index (κ2) is 5.59. The summed E-state index contributed by atoms with van der Waals surface area (Å²) < 4.78 is 23.1. The molecule has 0 aromatic heterocycles. The van der Waals surface area contributed by atoms with Crippen LogP contribution in [0.2, 0.25) is 0 Å². The fourth-order valence-corrected chi connectivity index (χ4v) is 5.42. The lowest BCUT2D eigenvalue weighted by molar-refractivity contribution is -0.146. The molecule has 1 heterocycles. The third-order valence-electron chi connectivity index (χ3n) is 4.47. The van der Waals surface area contributed by atoms with Crippen molar-refractivity contribution in [1.29, 1.82) is 0 Å². The maximum Gasteiger partial charge on any atom is 0.307 e. The Morgan fingerprint density at radius 3 is 2.06 bits per heavy atom. The topological polar surface area (TPSA) is 71.4 Å². The summed E-state index contributed by atoms with van der Waals surface area (Å²) in [5.74, 6) is -0.947. The third-order valence-corrected chi connectivity index (χ3v) is 6.26. The summed E-state index contributed by atoms with van der Waals surface area (Å²) in [6.45, 7) is 0. The van der Waals surface area contributed by atoms with Crippen LogP contribution in [0.4, 0.5) is 0 Å². The molecule has 0 radical (unpaired) electrons. The zero-order valence-electron chi connectivity index (χ0n) is 10.7. The molecule has 0 bridgehead atoms. The van der Waals surface area contributed by atoms with E-state index in [0.29, 0.717) is 6.42 Å². The smallest absolute Gasteiger partial charge is 0.307 e. The molecule has 104 valence electrons. The van der Waals surface area contributed by atoms with Crippen molar-refractivity contribution in [2.75, 3.05) is 11.5 Å². The molecule has 1 N–H and O–H groups in total. The van der Waals surface area contributed by atoms with E-state index in [2.05, 4.69) is 0 Å². The molecule has 1 aliphatic carbocycles. The summed E-state index contributed by atoms with van der Waals surface area (Å²) >= 11 is 0. The highest BCUT2D eigenvalue weighted by Crippen LogP contribution is 2.37. The first-order valence-electron chi connectivity index (χ1n) is 6.93. The zero-order chi connectivity index (χ0) is 13.2. The highest BCUT2D eigenvalue weighted by atomic mass is 32.2. The SMILES string of the molecule is O=C(O)C(C1CCCCCC1)C1CCS(=O)(=O)C1. The third kappa shape index (κ3) is 3.25. The molecule has 1 saturated carbocycles. The van der Waals surface area contributed by atoms with Crippen LogP contribution in [0.5, 0.6) is 0 Å². The minimum atomic E-state index is -2.99. The van der Waals surface area contributed by atoms with Crippen LogP contribution >= 0.6 is 0 Å². The van der Waals surface area contributed by atoms with Crippen molar-refractivity contribution >= 4 is 15.8 Å². The number of carbonyl (C=O) groups is 1. The fraction of sp³-hybridized carbons (Fsp3) is 0.923. The van der Waals surface area contributed by atoms with Gasteiger partial charge in [-0.15, -0.1) is 0 Å². The minimum absolute atomic E-state index is 0.0838. The normalized spacial score (nSPS) is 30.8. The molecule has 0 amide bonds. The molecule has 2 fully saturated rings. The van der Waals surface area contributed by atoms with Gasteiger partial charge in [0.25, 0.3) is 0 Å². The van der Waals surface area contributed by atoms with Crippen LogP contribution in [0.15, 0.2) is 0 Å². The number of sulfone groups is 1. The molecular weight excluding hydrogens is 252 g/mol. The Bertz CT molecular complexity index is 393. The van der Waals surface area contributed by atoms with Crippen LogP contribution in [0.1, 0.15) is 44.9 Å². The average Bonchev–Trinajstić information content (AvgIpc) is 2.52. The molecule has 0 aromatic carbocycles. The maximum atomic E-state index is 11.5. The molecule has 1 saturated heterocycles. The van der Waals surface area contributed by atoms with E-state index in [1.54, 1.807) is 0 Å². The molecule has 2 rings (SSSR count). The van der Waals surface area contributed by atoms with E-state index in [0.717, 1.165) is 25.7 Å². The monoisotopic (exact) mass is 274 g/mol. The highest BCUT2D eigenvalue weighted by Gasteiger charge is 2.41. The van der Waals surface area contributed by atoms with Crippen molar-refractivity contribution in [3.63, 3.8) is 0 Å². The van der Waals surface area contributed by atoms with Gasteiger partial charge < -0.3 is 5.11 Å².